The average molecular weight is 434 g/mol. The van der Waals surface area contributed by atoms with E-state index in [1.165, 1.54) is 27.5 Å². The molecule has 0 radical (unpaired) electrons. The molecule has 0 unspecified atom stereocenters. The maximum atomic E-state index is 2.99. The van der Waals surface area contributed by atoms with E-state index in [1.807, 2.05) is 12.2 Å². The van der Waals surface area contributed by atoms with E-state index in [0.29, 0.717) is 0 Å². The fraction of sp³-hybridized carbons (Fsp3) is 0.208. The van der Waals surface area contributed by atoms with E-state index < -0.39 is 0 Å². The van der Waals surface area contributed by atoms with Crippen LogP contribution in [0.4, 0.5) is 0 Å². The maximum Gasteiger partial charge on any atom is -0.109 e. The number of hydrogen-bond donors (Lipinski definition) is 0. The van der Waals surface area contributed by atoms with Gasteiger partial charge in [-0.3, -0.25) is 6.08 Å². The third-order valence-corrected chi connectivity index (χ3v) is 3.89. The van der Waals surface area contributed by atoms with Crippen molar-refractivity contribution in [3.63, 3.8) is 0 Å². The molecule has 3 aromatic carbocycles. The Morgan fingerprint density at radius 2 is 1.81 bits per heavy atom. The number of fused-ring (bicyclic) bond motifs is 1. The molecule has 0 fully saturated rings. The summed E-state index contributed by atoms with van der Waals surface area (Å²) in [6, 6.07) is 21.8. The van der Waals surface area contributed by atoms with Crippen LogP contribution in [-0.4, -0.2) is 5.43 Å². The normalized spacial score (nSPS) is 11.6. The molecule has 2 heteroatoms. The van der Waals surface area contributed by atoms with Crippen molar-refractivity contribution in [1.82, 2.24) is 0 Å². The summed E-state index contributed by atoms with van der Waals surface area (Å²) < 4.78 is 0. The molecule has 26 heavy (non-hydrogen) atoms. The van der Waals surface area contributed by atoms with Crippen LogP contribution >= 0.6 is 0 Å². The Hall–Kier alpha value is -1.37. The number of aryl methyl sites for hydroxylation is 1. The third-order valence-electron chi connectivity index (χ3n) is 3.89. The van der Waals surface area contributed by atoms with Crippen LogP contribution in [-0.2, 0) is 29.8 Å². The predicted molar refractivity (Wildman–Crippen MR) is 113 cm³/mol. The largest absolute Gasteiger partial charge is 0.273 e. The first kappa shape index (κ1) is 20.9. The van der Waals surface area contributed by atoms with E-state index in [0.717, 1.165) is 12.8 Å². The van der Waals surface area contributed by atoms with E-state index in [4.69, 9.17) is 0 Å². The van der Waals surface area contributed by atoms with Gasteiger partial charge in [0.05, 0.1) is 0 Å². The minimum Gasteiger partial charge on any atom is -0.273 e. The molecule has 4 rings (SSSR count). The van der Waals surface area contributed by atoms with Gasteiger partial charge in [-0.25, -0.2) is 12.2 Å². The van der Waals surface area contributed by atoms with Crippen LogP contribution in [0.1, 0.15) is 18.9 Å². The second kappa shape index (κ2) is 11.4. The molecule has 0 atom stereocenters. The molecule has 3 aromatic rings. The minimum atomic E-state index is 0.210. The van der Waals surface area contributed by atoms with E-state index in [1.54, 1.807) is 23.3 Å². The minimum absolute atomic E-state index is 0.210. The Morgan fingerprint density at radius 3 is 2.35 bits per heavy atom. The van der Waals surface area contributed by atoms with Crippen molar-refractivity contribution in [1.29, 1.82) is 0 Å². The number of hydrogen-bond acceptors (Lipinski definition) is 0. The quantitative estimate of drug-likeness (QED) is 0.305. The predicted octanol–water partition coefficient (Wildman–Crippen LogP) is 6.88. The Labute approximate surface area is 173 Å². The third kappa shape index (κ3) is 6.74. The molecule has 0 nitrogen and oxygen atoms in total. The second-order valence-electron chi connectivity index (χ2n) is 6.39. The molecule has 1 aliphatic rings. The van der Waals surface area contributed by atoms with Gasteiger partial charge in [0.1, 0.15) is 0 Å². The van der Waals surface area contributed by atoms with Crippen molar-refractivity contribution in [3.05, 3.63) is 90.5 Å². The first-order valence-electron chi connectivity index (χ1n) is 9.09. The van der Waals surface area contributed by atoms with Crippen LogP contribution in [0.15, 0.2) is 78.9 Å². The summed E-state index contributed by atoms with van der Waals surface area (Å²) in [6.45, 7) is 6.82. The summed E-state index contributed by atoms with van der Waals surface area (Å²) in [6.07, 6.45) is 11.1. The second-order valence-corrected chi connectivity index (χ2v) is 15.8. The Kier molecular flexibility index (Phi) is 9.15. The van der Waals surface area contributed by atoms with Gasteiger partial charge in [-0.15, -0.1) is 41.0 Å². The summed E-state index contributed by atoms with van der Waals surface area (Å²) in [5.74, 6) is 0. The number of allylic oxidation sites excluding steroid dienone is 4. The van der Waals surface area contributed by atoms with Crippen molar-refractivity contribution in [2.24, 2.45) is 0 Å². The maximum absolute atomic E-state index is 2.99. The van der Waals surface area contributed by atoms with Crippen molar-refractivity contribution in [2.75, 3.05) is 0 Å². The van der Waals surface area contributed by atoms with Crippen LogP contribution in [0.3, 0.4) is 0 Å². The summed E-state index contributed by atoms with van der Waals surface area (Å²) in [5, 5.41) is 2.72. The summed E-state index contributed by atoms with van der Waals surface area (Å²) in [5.41, 5.74) is 4.26. The molecule has 0 aromatic heterocycles. The van der Waals surface area contributed by atoms with E-state index in [-0.39, 0.29) is 5.43 Å². The van der Waals surface area contributed by atoms with Crippen LogP contribution in [0, 0.1) is 6.08 Å². The van der Waals surface area contributed by atoms with Crippen LogP contribution in [0.5, 0.6) is 0 Å². The molecule has 0 saturated heterocycles. The summed E-state index contributed by atoms with van der Waals surface area (Å²) in [4.78, 5) is 0. The van der Waals surface area contributed by atoms with Gasteiger partial charge in [-0.05, 0) is 12.0 Å². The SMILES string of the molecule is CCc1cc2c(-c3ccccc3)cccc2[cH-]1.C[Si](C)=[Zr+2].[C-]1=CC=CC1. The Balaban J connectivity index is 0.000000224. The summed E-state index contributed by atoms with van der Waals surface area (Å²) in [7, 11) is 0. The molecule has 0 spiro atoms. The van der Waals surface area contributed by atoms with Gasteiger partial charge < -0.3 is 0 Å². The topological polar surface area (TPSA) is 0 Å². The molecular formula is C24H26SiZr. The Morgan fingerprint density at radius 1 is 1.08 bits per heavy atom. The molecule has 0 heterocycles. The fourth-order valence-electron chi connectivity index (χ4n) is 2.71. The number of benzene rings is 2. The molecule has 0 aliphatic heterocycles. The van der Waals surface area contributed by atoms with Gasteiger partial charge in [0.25, 0.3) is 0 Å². The van der Waals surface area contributed by atoms with Crippen molar-refractivity contribution < 1.29 is 23.3 Å². The fourth-order valence-corrected chi connectivity index (χ4v) is 2.71. The average Bonchev–Trinajstić information content (AvgIpc) is 3.34. The molecule has 0 saturated carbocycles. The zero-order valence-corrected chi connectivity index (χ0v) is 19.4. The van der Waals surface area contributed by atoms with Crippen LogP contribution < -0.4 is 0 Å². The molecular weight excluding hydrogens is 408 g/mol. The van der Waals surface area contributed by atoms with Gasteiger partial charge in [0, 0.05) is 0 Å². The van der Waals surface area contributed by atoms with Gasteiger partial charge in [-0.2, -0.15) is 12.1 Å². The van der Waals surface area contributed by atoms with Gasteiger partial charge in [0.2, 0.25) is 0 Å². The van der Waals surface area contributed by atoms with Gasteiger partial charge >= 0.3 is 41.9 Å². The molecule has 130 valence electrons. The molecule has 0 bridgehead atoms. The zero-order chi connectivity index (χ0) is 18.8. The zero-order valence-electron chi connectivity index (χ0n) is 15.9. The van der Waals surface area contributed by atoms with E-state index >= 15 is 0 Å². The Bertz CT molecular complexity index is 871. The molecule has 1 aliphatic carbocycles. The van der Waals surface area contributed by atoms with Crippen molar-refractivity contribution in [2.45, 2.75) is 32.9 Å². The molecule has 0 amide bonds. The van der Waals surface area contributed by atoms with Gasteiger partial charge in [0.15, 0.2) is 0 Å². The van der Waals surface area contributed by atoms with E-state index in [9.17, 15) is 0 Å². The van der Waals surface area contributed by atoms with Crippen LogP contribution in [0.25, 0.3) is 21.9 Å². The monoisotopic (exact) mass is 432 g/mol. The van der Waals surface area contributed by atoms with E-state index in [2.05, 4.69) is 92.8 Å². The smallest absolute Gasteiger partial charge is 0.109 e. The first-order chi connectivity index (χ1) is 12.6. The molecule has 0 N–H and O–H groups in total. The standard InChI is InChI=1S/C17H15.C5H5.C2H6Si.Zr/c1-2-13-11-15-9-6-10-16(17(15)12-13)14-7-4-3-5-8-14;1-2-4-5-3-1;1-3-2;/h3-12H,2H2,1H3;1-3H,4H2;1-2H3;/q2*-1;;+2. The van der Waals surface area contributed by atoms with Crippen molar-refractivity contribution >= 4 is 16.2 Å². The summed E-state index contributed by atoms with van der Waals surface area (Å²) >= 11 is 1.74. The first-order valence-corrected chi connectivity index (χ1v) is 15.3. The van der Waals surface area contributed by atoms with Crippen molar-refractivity contribution in [3.8, 4) is 11.1 Å². The van der Waals surface area contributed by atoms with Crippen LogP contribution in [0.2, 0.25) is 13.1 Å². The number of rotatable bonds is 2. The van der Waals surface area contributed by atoms with Gasteiger partial charge in [-0.1, -0.05) is 48.9 Å².